The van der Waals surface area contributed by atoms with Crippen LogP contribution in [0.2, 0.25) is 0 Å². The van der Waals surface area contributed by atoms with Crippen LogP contribution < -0.4 is 31.9 Å². The van der Waals surface area contributed by atoms with Gasteiger partial charge in [-0.15, -0.1) is 22.7 Å². The largest absolute Gasteiger partial charge is 2.00 e. The van der Waals surface area contributed by atoms with Gasteiger partial charge in [0.25, 0.3) is 0 Å². The van der Waals surface area contributed by atoms with E-state index in [4.69, 9.17) is 11.5 Å². The summed E-state index contributed by atoms with van der Waals surface area (Å²) in [6, 6.07) is 7.07. The molecule has 0 saturated carbocycles. The minimum Gasteiger partial charge on any atom is -0.543 e. The van der Waals surface area contributed by atoms with Gasteiger partial charge >= 0.3 is 33.0 Å². The first kappa shape index (κ1) is 60.0. The van der Waals surface area contributed by atoms with Crippen LogP contribution in [0.5, 0.6) is 0 Å². The van der Waals surface area contributed by atoms with Gasteiger partial charge in [-0.2, -0.15) is 0 Å². The first-order valence-electron chi connectivity index (χ1n) is 9.19. The smallest absolute Gasteiger partial charge is 0.543 e. The number of anilines is 2. The molecule has 4 aromatic rings. The summed E-state index contributed by atoms with van der Waals surface area (Å²) in [7, 11) is 0. The van der Waals surface area contributed by atoms with Crippen molar-refractivity contribution >= 4 is 56.8 Å². The van der Waals surface area contributed by atoms with Crippen molar-refractivity contribution in [2.45, 2.75) is 0 Å². The SMILES string of the molecule is Nc1nc(-c2csc(N)n2)cs1.O.O.O.O=C([O-])c1cccc(C(=O)[O-])n1.O=C([O-])c1cccc(C(=O)[O-])n1.[Ni+2].[Ni+2].[OH3+].[OH3+].[OH3+].[OH3+]. The van der Waals surface area contributed by atoms with Gasteiger partial charge in [0, 0.05) is 10.8 Å². The minimum absolute atomic E-state index is 0. The maximum absolute atomic E-state index is 10.2. The van der Waals surface area contributed by atoms with E-state index in [2.05, 4.69) is 19.9 Å². The van der Waals surface area contributed by atoms with Crippen LogP contribution in [-0.4, -0.2) is 60.2 Å². The Hall–Kier alpha value is -4.25. The second-order valence-corrected chi connectivity index (χ2v) is 7.89. The standard InChI is InChI=1S/2C7H5NO4.C6H6N4S2.2Ni.7H2O/c2*9-6(10)4-2-1-3-5(8-4)7(11)12;7-5-9-3(1-11-5)4-2-12-6(8)10-4;;;;;;;;;/h2*1-3H,(H,9,10)(H,11,12);1-2H,(H2,7,9)(H2,8,10);;;7*1H2/q;;;2*+2;;;;;;;. The number of carboxylic acids is 4. The van der Waals surface area contributed by atoms with Crippen LogP contribution in [0.3, 0.4) is 0 Å². The number of thiazole rings is 2. The number of hydrogen-bond donors (Lipinski definition) is 2. The zero-order valence-corrected chi connectivity index (χ0v) is 25.7. The molecule has 0 atom stereocenters. The molecule has 0 aliphatic heterocycles. The third kappa shape index (κ3) is 19.6. The molecular formula is C20H30N6Ni2O15S2+4. The van der Waals surface area contributed by atoms with E-state index in [0.717, 1.165) is 35.7 Å². The van der Waals surface area contributed by atoms with Gasteiger partial charge in [0.05, 0.1) is 46.7 Å². The van der Waals surface area contributed by atoms with Crippen molar-refractivity contribution < 1.29 is 111 Å². The maximum atomic E-state index is 10.2. The number of carboxylic acid groups (broad SMARTS) is 4. The van der Waals surface area contributed by atoms with E-state index < -0.39 is 46.7 Å². The maximum Gasteiger partial charge on any atom is 2.00 e. The van der Waals surface area contributed by atoms with E-state index in [0.29, 0.717) is 10.3 Å². The van der Waals surface area contributed by atoms with Crippen molar-refractivity contribution in [2.75, 3.05) is 11.5 Å². The van der Waals surface area contributed by atoms with Crippen molar-refractivity contribution in [1.82, 2.24) is 19.9 Å². The number of carbonyl (C=O) groups is 4. The van der Waals surface area contributed by atoms with E-state index in [1.165, 1.54) is 34.8 Å². The molecule has 4 heterocycles. The van der Waals surface area contributed by atoms with Crippen molar-refractivity contribution in [3.05, 3.63) is 69.9 Å². The number of pyridine rings is 2. The fourth-order valence-corrected chi connectivity index (χ4v) is 3.25. The van der Waals surface area contributed by atoms with Gasteiger partial charge in [0.15, 0.2) is 10.3 Å². The first-order chi connectivity index (χ1) is 17.0. The molecule has 4 aromatic heterocycles. The third-order valence-electron chi connectivity index (χ3n) is 3.64. The molecule has 4 rings (SSSR count). The molecule has 45 heavy (non-hydrogen) atoms. The Morgan fingerprint density at radius 3 is 0.889 bits per heavy atom. The number of nitrogens with two attached hydrogens (primary N) is 2. The average molecular weight is 776 g/mol. The summed E-state index contributed by atoms with van der Waals surface area (Å²) in [6.07, 6.45) is 0. The second-order valence-electron chi connectivity index (χ2n) is 6.11. The Labute approximate surface area is 279 Å². The topological polar surface area (TPSA) is 491 Å². The summed E-state index contributed by atoms with van der Waals surface area (Å²) in [5.74, 6) is -6.06. The molecule has 0 saturated heterocycles. The predicted octanol–water partition coefficient (Wildman–Crippen LogP) is -9.12. The number of hydrogen-bond acceptors (Lipinski definition) is 16. The van der Waals surface area contributed by atoms with Crippen LogP contribution >= 0.6 is 22.7 Å². The van der Waals surface area contributed by atoms with Crippen molar-refractivity contribution in [3.63, 3.8) is 0 Å². The number of nitrogen functional groups attached to an aromatic ring is 2. The third-order valence-corrected chi connectivity index (χ3v) is 4.99. The van der Waals surface area contributed by atoms with E-state index in [1.807, 2.05) is 10.8 Å². The Morgan fingerprint density at radius 1 is 0.511 bits per heavy atom. The molecule has 21 nitrogen and oxygen atoms in total. The summed E-state index contributed by atoms with van der Waals surface area (Å²) in [5.41, 5.74) is 10.9. The van der Waals surface area contributed by atoms with Crippen LogP contribution in [0, 0.1) is 0 Å². The number of aromatic nitrogens is 4. The summed E-state index contributed by atoms with van der Waals surface area (Å²) in [6.45, 7) is 0. The molecule has 0 bridgehead atoms. The minimum atomic E-state index is -1.52. The van der Waals surface area contributed by atoms with E-state index in [-0.39, 0.29) is 71.3 Å². The fraction of sp³-hybridized carbons (Fsp3) is 0. The van der Waals surface area contributed by atoms with Gasteiger partial charge < -0.3 is 89.4 Å². The quantitative estimate of drug-likeness (QED) is 0.140. The molecule has 0 aromatic carbocycles. The molecule has 258 valence electrons. The number of aromatic carboxylic acids is 4. The molecule has 0 spiro atoms. The molecule has 25 heteroatoms. The Bertz CT molecular complexity index is 1260. The molecule has 0 amide bonds. The summed E-state index contributed by atoms with van der Waals surface area (Å²) in [4.78, 5) is 55.4. The van der Waals surface area contributed by atoms with Crippen molar-refractivity contribution in [3.8, 4) is 11.4 Å². The normalized spacial score (nSPS) is 7.73. The van der Waals surface area contributed by atoms with E-state index >= 15 is 0 Å². The van der Waals surface area contributed by atoms with Crippen molar-refractivity contribution in [2.24, 2.45) is 0 Å². The van der Waals surface area contributed by atoms with E-state index in [1.54, 1.807) is 0 Å². The van der Waals surface area contributed by atoms with Gasteiger partial charge in [0.2, 0.25) is 0 Å². The number of nitrogens with zero attached hydrogens (tertiary/aromatic N) is 4. The van der Waals surface area contributed by atoms with Crippen LogP contribution in [-0.2, 0) is 54.9 Å². The van der Waals surface area contributed by atoms with Gasteiger partial charge in [-0.05, 0) is 24.3 Å². The van der Waals surface area contributed by atoms with Gasteiger partial charge in [-0.1, -0.05) is 12.1 Å². The summed E-state index contributed by atoms with van der Waals surface area (Å²) in [5, 5.41) is 45.6. The fourth-order valence-electron chi connectivity index (χ4n) is 2.13. The molecular weight excluding hydrogens is 746 g/mol. The second kappa shape index (κ2) is 28.5. The molecule has 22 N–H and O–H groups in total. The van der Waals surface area contributed by atoms with Crippen LogP contribution in [0.15, 0.2) is 47.2 Å². The van der Waals surface area contributed by atoms with Gasteiger partial charge in [-0.3, -0.25) is 0 Å². The Kier molecular flexibility index (Phi) is 38.0. The van der Waals surface area contributed by atoms with Crippen LogP contribution in [0.4, 0.5) is 10.3 Å². The monoisotopic (exact) mass is 774 g/mol. The molecule has 0 unspecified atom stereocenters. The summed E-state index contributed by atoms with van der Waals surface area (Å²) >= 11 is 2.80. The van der Waals surface area contributed by atoms with Gasteiger partial charge in [-0.25, -0.2) is 19.9 Å². The van der Waals surface area contributed by atoms with Crippen LogP contribution in [0.25, 0.3) is 11.4 Å². The molecule has 0 fully saturated rings. The molecule has 0 aliphatic rings. The first-order valence-corrected chi connectivity index (χ1v) is 11.0. The van der Waals surface area contributed by atoms with Crippen LogP contribution in [0.1, 0.15) is 42.0 Å². The Balaban J connectivity index is -0.0000000691. The number of carbonyl (C=O) groups excluding carboxylic acids is 4. The zero-order valence-electron chi connectivity index (χ0n) is 22.1. The van der Waals surface area contributed by atoms with E-state index in [9.17, 15) is 39.6 Å². The van der Waals surface area contributed by atoms with Crippen molar-refractivity contribution in [1.29, 1.82) is 0 Å². The summed E-state index contributed by atoms with van der Waals surface area (Å²) < 4.78 is 0. The molecule has 0 radical (unpaired) electrons. The predicted molar refractivity (Wildman–Crippen MR) is 148 cm³/mol. The average Bonchev–Trinajstić information content (AvgIpc) is 3.48. The Morgan fingerprint density at radius 2 is 0.733 bits per heavy atom. The molecule has 0 aliphatic carbocycles. The zero-order chi connectivity index (χ0) is 26.8. The van der Waals surface area contributed by atoms with Gasteiger partial charge in [0.1, 0.15) is 11.4 Å². The number of rotatable bonds is 5.